The fourth-order valence-electron chi connectivity index (χ4n) is 3.23. The number of hydrogen-bond donors (Lipinski definition) is 3. The summed E-state index contributed by atoms with van der Waals surface area (Å²) in [5.74, 6) is 4.97. The van der Waals surface area contributed by atoms with Crippen molar-refractivity contribution in [2.45, 2.75) is 30.2 Å². The molecule has 0 bridgehead atoms. The van der Waals surface area contributed by atoms with E-state index in [0.29, 0.717) is 24.4 Å². The van der Waals surface area contributed by atoms with Crippen LogP contribution in [0.15, 0.2) is 72.3 Å². The minimum Gasteiger partial charge on any atom is -0.397 e. The van der Waals surface area contributed by atoms with Crippen LogP contribution in [0.3, 0.4) is 0 Å². The second kappa shape index (κ2) is 13.1. The van der Waals surface area contributed by atoms with Gasteiger partial charge in [0.2, 0.25) is 5.91 Å². The third kappa shape index (κ3) is 8.85. The third-order valence-corrected chi connectivity index (χ3v) is 6.05. The first-order chi connectivity index (χ1) is 16.5. The molecule has 0 radical (unpaired) electrons. The van der Waals surface area contributed by atoms with Crippen LogP contribution in [0.4, 0.5) is 13.2 Å². The fourth-order valence-corrected chi connectivity index (χ4v) is 3.79. The minimum absolute atomic E-state index is 0.0869. The topological polar surface area (TPSA) is 111 Å². The van der Waals surface area contributed by atoms with Gasteiger partial charge in [0.25, 0.3) is 0 Å². The van der Waals surface area contributed by atoms with Crippen molar-refractivity contribution in [3.8, 4) is 0 Å². The van der Waals surface area contributed by atoms with E-state index >= 15 is 0 Å². The molecule has 2 atom stereocenters. The zero-order valence-corrected chi connectivity index (χ0v) is 20.1. The van der Waals surface area contributed by atoms with Crippen molar-refractivity contribution in [1.82, 2.24) is 10.3 Å². The second-order valence-electron chi connectivity index (χ2n) is 7.65. The predicted octanol–water partition coefficient (Wildman–Crippen LogP) is 3.15. The Bertz CT molecular complexity index is 1060. The van der Waals surface area contributed by atoms with E-state index < -0.39 is 22.5 Å². The Balaban J connectivity index is 0.000000269. The predicted molar refractivity (Wildman–Crippen MR) is 130 cm³/mol. The van der Waals surface area contributed by atoms with Crippen LogP contribution in [0.2, 0.25) is 0 Å². The lowest BCUT2D eigenvalue weighted by atomic mass is 10.1. The summed E-state index contributed by atoms with van der Waals surface area (Å²) < 4.78 is 54.1. The number of nitrogens with zero attached hydrogens (tertiary/aromatic N) is 1. The standard InChI is InChI=1S/C15H16F3NO2.C9H13N3OS/c1-2-14(20)19-8-7-13(9-19)21-10-11-3-5-12(6-4-11)15(16,17)18;1-14(13)8-4-2-3-7(5-8)9(10)6-12-11/h2-6,13H,1,7-10H2;2-6,12H,10-11H2,1H3/b;9-6-. The van der Waals surface area contributed by atoms with E-state index in [1.807, 2.05) is 12.1 Å². The Kier molecular flexibility index (Phi) is 10.5. The Morgan fingerprint density at radius 2 is 1.97 bits per heavy atom. The van der Waals surface area contributed by atoms with Crippen molar-refractivity contribution in [1.29, 1.82) is 0 Å². The lowest BCUT2D eigenvalue weighted by Crippen LogP contribution is -2.28. The van der Waals surface area contributed by atoms with Crippen molar-refractivity contribution in [2.24, 2.45) is 11.6 Å². The molecular weight excluding hydrogens is 481 g/mol. The first kappa shape index (κ1) is 28.1. The maximum Gasteiger partial charge on any atom is 0.416 e. The SMILES string of the molecule is C=CC(=O)N1CCC(OCc2ccc(C(F)(F)F)cc2)C1.CS(=O)c1cccc(/C(N)=C/NN)c1. The quantitative estimate of drug-likeness (QED) is 0.300. The Hall–Kier alpha value is -3.15. The summed E-state index contributed by atoms with van der Waals surface area (Å²) in [7, 11) is -0.994. The highest BCUT2D eigenvalue weighted by Crippen LogP contribution is 2.29. The number of rotatable bonds is 7. The molecule has 1 saturated heterocycles. The number of amides is 1. The number of carbonyl (C=O) groups excluding carboxylic acids is 1. The Labute approximate surface area is 205 Å². The highest BCUT2D eigenvalue weighted by atomic mass is 32.2. The molecule has 190 valence electrons. The van der Waals surface area contributed by atoms with E-state index in [2.05, 4.69) is 12.0 Å². The van der Waals surface area contributed by atoms with Gasteiger partial charge in [-0.25, -0.2) is 0 Å². The number of nitrogens with one attached hydrogen (secondary N) is 1. The van der Waals surface area contributed by atoms with Gasteiger partial charge in [0.15, 0.2) is 0 Å². The van der Waals surface area contributed by atoms with E-state index in [4.69, 9.17) is 16.3 Å². The molecule has 3 rings (SSSR count). The molecule has 1 amide bonds. The summed E-state index contributed by atoms with van der Waals surface area (Å²) in [5, 5.41) is 0. The number of likely N-dealkylation sites (tertiary alicyclic amines) is 1. The zero-order chi connectivity index (χ0) is 26.0. The van der Waals surface area contributed by atoms with Gasteiger partial charge in [-0.3, -0.25) is 14.8 Å². The van der Waals surface area contributed by atoms with E-state index in [0.717, 1.165) is 29.0 Å². The van der Waals surface area contributed by atoms with Crippen molar-refractivity contribution >= 4 is 22.4 Å². The molecule has 2 unspecified atom stereocenters. The molecule has 5 N–H and O–H groups in total. The number of hydrazine groups is 1. The average Bonchev–Trinajstić information content (AvgIpc) is 3.32. The molecule has 1 aliphatic rings. The van der Waals surface area contributed by atoms with Crippen molar-refractivity contribution in [2.75, 3.05) is 19.3 Å². The number of alkyl halides is 3. The molecule has 0 aromatic heterocycles. The van der Waals surface area contributed by atoms with Gasteiger partial charge in [0, 0.05) is 46.8 Å². The molecule has 1 heterocycles. The molecule has 0 aliphatic carbocycles. The van der Waals surface area contributed by atoms with Crippen LogP contribution in [0, 0.1) is 0 Å². The molecule has 2 aromatic carbocycles. The summed E-state index contributed by atoms with van der Waals surface area (Å²) in [6.07, 6.45) is 0.684. The summed E-state index contributed by atoms with van der Waals surface area (Å²) in [5.41, 5.74) is 9.37. The van der Waals surface area contributed by atoms with Gasteiger partial charge in [-0.2, -0.15) is 13.2 Å². The largest absolute Gasteiger partial charge is 0.416 e. The number of nitrogens with two attached hydrogens (primary N) is 2. The van der Waals surface area contributed by atoms with Gasteiger partial charge >= 0.3 is 6.18 Å². The van der Waals surface area contributed by atoms with Gasteiger partial charge < -0.3 is 20.8 Å². The third-order valence-electron chi connectivity index (χ3n) is 5.14. The Morgan fingerprint density at radius 3 is 2.54 bits per heavy atom. The molecule has 1 aliphatic heterocycles. The van der Waals surface area contributed by atoms with Crippen LogP contribution < -0.4 is 17.0 Å². The minimum atomic E-state index is -4.32. The maximum atomic E-state index is 12.4. The molecule has 11 heteroatoms. The van der Waals surface area contributed by atoms with Gasteiger partial charge in [-0.15, -0.1) is 0 Å². The van der Waals surface area contributed by atoms with Gasteiger partial charge in [-0.1, -0.05) is 30.8 Å². The number of carbonyl (C=O) groups is 1. The first-order valence-electron chi connectivity index (χ1n) is 10.6. The van der Waals surface area contributed by atoms with E-state index in [1.54, 1.807) is 23.3 Å². The highest BCUT2D eigenvalue weighted by Gasteiger charge is 2.30. The van der Waals surface area contributed by atoms with Crippen LogP contribution in [0.25, 0.3) is 5.70 Å². The van der Waals surface area contributed by atoms with Gasteiger partial charge in [0.1, 0.15) is 0 Å². The van der Waals surface area contributed by atoms with E-state index in [9.17, 15) is 22.2 Å². The monoisotopic (exact) mass is 510 g/mol. The molecule has 0 spiro atoms. The number of halogens is 3. The van der Waals surface area contributed by atoms with Crippen molar-refractivity contribution in [3.63, 3.8) is 0 Å². The maximum absolute atomic E-state index is 12.4. The van der Waals surface area contributed by atoms with Crippen molar-refractivity contribution in [3.05, 3.63) is 84.1 Å². The van der Waals surface area contributed by atoms with Crippen molar-refractivity contribution < 1.29 is 26.9 Å². The smallest absolute Gasteiger partial charge is 0.397 e. The highest BCUT2D eigenvalue weighted by molar-refractivity contribution is 7.84. The zero-order valence-electron chi connectivity index (χ0n) is 19.3. The molecule has 7 nitrogen and oxygen atoms in total. The molecule has 2 aromatic rings. The number of benzene rings is 2. The number of ether oxygens (including phenoxy) is 1. The molecule has 1 fully saturated rings. The second-order valence-corrected chi connectivity index (χ2v) is 9.03. The Morgan fingerprint density at radius 1 is 1.29 bits per heavy atom. The lowest BCUT2D eigenvalue weighted by molar-refractivity contribution is -0.137. The molecular formula is C24H29F3N4O3S. The summed E-state index contributed by atoms with van der Waals surface area (Å²) in [4.78, 5) is 13.8. The van der Waals surface area contributed by atoms with Crippen LogP contribution in [-0.4, -0.2) is 40.5 Å². The van der Waals surface area contributed by atoms with Gasteiger partial charge in [-0.05, 0) is 42.3 Å². The normalized spacial score (nSPS) is 16.8. The molecule has 35 heavy (non-hydrogen) atoms. The van der Waals surface area contributed by atoms with Gasteiger partial charge in [0.05, 0.1) is 24.0 Å². The average molecular weight is 511 g/mol. The number of hydrogen-bond acceptors (Lipinski definition) is 6. The van der Waals surface area contributed by atoms with Crippen LogP contribution in [0.5, 0.6) is 0 Å². The van der Waals surface area contributed by atoms with Crippen LogP contribution in [0.1, 0.15) is 23.1 Å². The van der Waals surface area contributed by atoms with Crippen LogP contribution in [-0.2, 0) is 33.1 Å². The fraction of sp³-hybridized carbons (Fsp3) is 0.292. The summed E-state index contributed by atoms with van der Waals surface area (Å²) in [6, 6.07) is 12.1. The first-order valence-corrected chi connectivity index (χ1v) is 12.2. The van der Waals surface area contributed by atoms with E-state index in [1.165, 1.54) is 24.4 Å². The lowest BCUT2D eigenvalue weighted by Gasteiger charge is -2.15. The molecule has 0 saturated carbocycles. The van der Waals surface area contributed by atoms with E-state index in [-0.39, 0.29) is 18.6 Å². The summed E-state index contributed by atoms with van der Waals surface area (Å²) >= 11 is 0. The summed E-state index contributed by atoms with van der Waals surface area (Å²) in [6.45, 7) is 4.77. The van der Waals surface area contributed by atoms with Crippen LogP contribution >= 0.6 is 0 Å².